The largest absolute Gasteiger partial charge is 0.481 e. The van der Waals surface area contributed by atoms with Gasteiger partial charge in [-0.3, -0.25) is 4.79 Å². The molecule has 17 heavy (non-hydrogen) atoms. The average Bonchev–Trinajstić information content (AvgIpc) is 2.70. The van der Waals surface area contributed by atoms with Gasteiger partial charge in [0.15, 0.2) is 0 Å². The number of methoxy groups -OCH3 is 1. The van der Waals surface area contributed by atoms with Crippen LogP contribution in [0.2, 0.25) is 0 Å². The fraction of sp³-hybridized carbons (Fsp3) is 0.500. The maximum Gasteiger partial charge on any atom is 0.227 e. The van der Waals surface area contributed by atoms with E-state index in [2.05, 4.69) is 4.98 Å². The molecule has 2 heterocycles. The molecule has 92 valence electrons. The molecule has 0 spiro atoms. The van der Waals surface area contributed by atoms with Crippen LogP contribution >= 0.6 is 11.6 Å². The van der Waals surface area contributed by atoms with E-state index < -0.39 is 0 Å². The van der Waals surface area contributed by atoms with Crippen molar-refractivity contribution in [3.05, 3.63) is 17.8 Å². The van der Waals surface area contributed by atoms with Crippen molar-refractivity contribution in [2.45, 2.75) is 13.3 Å². The third-order valence-electron chi connectivity index (χ3n) is 2.96. The Morgan fingerprint density at radius 2 is 2.35 bits per heavy atom. The Morgan fingerprint density at radius 3 is 2.88 bits per heavy atom. The highest BCUT2D eigenvalue weighted by molar-refractivity contribution is 6.18. The number of carbonyl (C=O) groups excluding carboxylic acids is 1. The number of nitrogens with zero attached hydrogens (tertiary/aromatic N) is 2. The van der Waals surface area contributed by atoms with Gasteiger partial charge in [0.2, 0.25) is 11.8 Å². The smallest absolute Gasteiger partial charge is 0.227 e. The van der Waals surface area contributed by atoms with E-state index in [1.807, 2.05) is 13.0 Å². The van der Waals surface area contributed by atoms with Crippen molar-refractivity contribution in [1.29, 1.82) is 0 Å². The molecule has 2 rings (SSSR count). The minimum atomic E-state index is 0.116. The first-order chi connectivity index (χ1) is 8.15. The summed E-state index contributed by atoms with van der Waals surface area (Å²) in [5.74, 6) is 1.44. The first-order valence-electron chi connectivity index (χ1n) is 5.53. The number of carbonyl (C=O) groups is 1. The van der Waals surface area contributed by atoms with Gasteiger partial charge in [0.25, 0.3) is 0 Å². The third-order valence-corrected chi connectivity index (χ3v) is 3.39. The van der Waals surface area contributed by atoms with Gasteiger partial charge in [-0.2, -0.15) is 0 Å². The number of rotatable bonds is 3. The van der Waals surface area contributed by atoms with E-state index in [0.29, 0.717) is 24.7 Å². The van der Waals surface area contributed by atoms with Crippen LogP contribution in [-0.2, 0) is 4.79 Å². The van der Waals surface area contributed by atoms with E-state index in [4.69, 9.17) is 16.3 Å². The maximum absolute atomic E-state index is 11.9. The lowest BCUT2D eigenvalue weighted by Crippen LogP contribution is -2.25. The van der Waals surface area contributed by atoms with Gasteiger partial charge in [-0.1, -0.05) is 0 Å². The van der Waals surface area contributed by atoms with Crippen molar-refractivity contribution in [1.82, 2.24) is 4.98 Å². The Balaban J connectivity index is 2.26. The fourth-order valence-corrected chi connectivity index (χ4v) is 2.25. The van der Waals surface area contributed by atoms with Crippen LogP contribution < -0.4 is 9.64 Å². The first-order valence-corrected chi connectivity index (χ1v) is 6.07. The third kappa shape index (κ3) is 2.36. The number of amides is 1. The van der Waals surface area contributed by atoms with Gasteiger partial charge < -0.3 is 9.64 Å². The normalized spacial score (nSPS) is 19.8. The highest BCUT2D eigenvalue weighted by Gasteiger charge is 2.30. The van der Waals surface area contributed by atoms with Gasteiger partial charge in [-0.05, 0) is 18.9 Å². The monoisotopic (exact) mass is 254 g/mol. The lowest BCUT2D eigenvalue weighted by Gasteiger charge is -2.18. The van der Waals surface area contributed by atoms with Gasteiger partial charge >= 0.3 is 0 Å². The van der Waals surface area contributed by atoms with E-state index in [9.17, 15) is 4.79 Å². The molecule has 5 heteroatoms. The molecule has 1 atom stereocenters. The summed E-state index contributed by atoms with van der Waals surface area (Å²) in [5, 5.41) is 0. The highest BCUT2D eigenvalue weighted by Crippen LogP contribution is 2.28. The topological polar surface area (TPSA) is 42.4 Å². The summed E-state index contributed by atoms with van der Waals surface area (Å²) in [6.07, 6.45) is 0.523. The van der Waals surface area contributed by atoms with Crippen molar-refractivity contribution in [3.8, 4) is 5.88 Å². The Kier molecular flexibility index (Phi) is 3.52. The molecule has 1 aliphatic rings. The van der Waals surface area contributed by atoms with Gasteiger partial charge in [-0.15, -0.1) is 11.6 Å². The van der Waals surface area contributed by atoms with Crippen molar-refractivity contribution in [3.63, 3.8) is 0 Å². The van der Waals surface area contributed by atoms with E-state index in [-0.39, 0.29) is 11.8 Å². The molecule has 1 unspecified atom stereocenters. The molecule has 1 saturated heterocycles. The van der Waals surface area contributed by atoms with Crippen LogP contribution in [0.1, 0.15) is 12.1 Å². The quantitative estimate of drug-likeness (QED) is 0.775. The second kappa shape index (κ2) is 4.92. The minimum Gasteiger partial charge on any atom is -0.481 e. The zero-order chi connectivity index (χ0) is 12.4. The lowest BCUT2D eigenvalue weighted by molar-refractivity contribution is -0.117. The SMILES string of the molecule is COc1ccc(N2CC(CCl)CC2=O)c(C)n1. The van der Waals surface area contributed by atoms with Crippen LogP contribution in [0.5, 0.6) is 5.88 Å². The van der Waals surface area contributed by atoms with Crippen LogP contribution in [0.3, 0.4) is 0 Å². The molecule has 1 aliphatic heterocycles. The lowest BCUT2D eigenvalue weighted by atomic mass is 10.1. The zero-order valence-electron chi connectivity index (χ0n) is 9.94. The van der Waals surface area contributed by atoms with E-state index in [0.717, 1.165) is 11.4 Å². The Bertz CT molecular complexity index is 437. The van der Waals surface area contributed by atoms with Crippen LogP contribution in [-0.4, -0.2) is 30.4 Å². The number of aromatic nitrogens is 1. The van der Waals surface area contributed by atoms with Crippen LogP contribution in [0.4, 0.5) is 5.69 Å². The van der Waals surface area contributed by atoms with Crippen molar-refractivity contribution >= 4 is 23.2 Å². The first kappa shape index (κ1) is 12.2. The second-order valence-electron chi connectivity index (χ2n) is 4.19. The van der Waals surface area contributed by atoms with E-state index in [1.54, 1.807) is 18.1 Å². The molecule has 1 fully saturated rings. The summed E-state index contributed by atoms with van der Waals surface area (Å²) in [6, 6.07) is 3.64. The van der Waals surface area contributed by atoms with Crippen LogP contribution in [0, 0.1) is 12.8 Å². The van der Waals surface area contributed by atoms with E-state index >= 15 is 0 Å². The summed E-state index contributed by atoms with van der Waals surface area (Å²) in [7, 11) is 1.58. The van der Waals surface area contributed by atoms with Gasteiger partial charge in [0, 0.05) is 24.9 Å². The Morgan fingerprint density at radius 1 is 1.59 bits per heavy atom. The molecule has 4 nitrogen and oxygen atoms in total. The molecule has 1 aromatic rings. The number of alkyl halides is 1. The molecule has 0 aromatic carbocycles. The molecule has 0 radical (unpaired) electrons. The van der Waals surface area contributed by atoms with Gasteiger partial charge in [0.1, 0.15) is 0 Å². The Hall–Kier alpha value is -1.29. The molecule has 0 aliphatic carbocycles. The fourth-order valence-electron chi connectivity index (χ4n) is 2.05. The standard InChI is InChI=1S/C12H15ClN2O2/c1-8-10(3-4-11(14-8)17-2)15-7-9(6-13)5-12(15)16/h3-4,9H,5-7H2,1-2H3. The number of ether oxygens (including phenoxy) is 1. The summed E-state index contributed by atoms with van der Waals surface area (Å²) in [5.41, 5.74) is 1.65. The van der Waals surface area contributed by atoms with Crippen molar-refractivity contribution < 1.29 is 9.53 Å². The van der Waals surface area contributed by atoms with Crippen LogP contribution in [0.15, 0.2) is 12.1 Å². The second-order valence-corrected chi connectivity index (χ2v) is 4.50. The molecular weight excluding hydrogens is 240 g/mol. The highest BCUT2D eigenvalue weighted by atomic mass is 35.5. The maximum atomic E-state index is 11.9. The predicted molar refractivity (Wildman–Crippen MR) is 66.7 cm³/mol. The summed E-state index contributed by atoms with van der Waals surface area (Å²) < 4.78 is 5.05. The molecule has 0 saturated carbocycles. The number of aryl methyl sites for hydroxylation is 1. The number of halogens is 1. The van der Waals surface area contributed by atoms with Crippen LogP contribution in [0.25, 0.3) is 0 Å². The van der Waals surface area contributed by atoms with Crippen molar-refractivity contribution in [2.24, 2.45) is 5.92 Å². The predicted octanol–water partition coefficient (Wildman–Crippen LogP) is 1.99. The summed E-state index contributed by atoms with van der Waals surface area (Å²) >= 11 is 5.80. The number of hydrogen-bond acceptors (Lipinski definition) is 3. The average molecular weight is 255 g/mol. The van der Waals surface area contributed by atoms with Gasteiger partial charge in [0.05, 0.1) is 18.5 Å². The van der Waals surface area contributed by atoms with Crippen molar-refractivity contribution in [2.75, 3.05) is 24.4 Å². The molecule has 1 amide bonds. The Labute approximate surface area is 106 Å². The zero-order valence-corrected chi connectivity index (χ0v) is 10.7. The molecule has 1 aromatic heterocycles. The molecule has 0 N–H and O–H groups in total. The molecule has 0 bridgehead atoms. The number of hydrogen-bond donors (Lipinski definition) is 0. The number of pyridine rings is 1. The van der Waals surface area contributed by atoms with Gasteiger partial charge in [-0.25, -0.2) is 4.98 Å². The molecular formula is C12H15ClN2O2. The summed E-state index contributed by atoms with van der Waals surface area (Å²) in [6.45, 7) is 2.55. The van der Waals surface area contributed by atoms with E-state index in [1.165, 1.54) is 0 Å². The summed E-state index contributed by atoms with van der Waals surface area (Å²) in [4.78, 5) is 17.9. The number of anilines is 1. The minimum absolute atomic E-state index is 0.116.